The molecular weight excluding hydrogens is 412 g/mol. The quantitative estimate of drug-likeness (QED) is 0.570. The standard InChI is InChI=1S/C19H19ClN6O2S/c1-10-4-3-5-13(20)17(10)25-18(28)14-7-21-19(29-14)24-15-6-16(23-11(2)22-15)26-8-12(27)9-26/h3-7,12,27H,8-9H2,1-2H3,(H,25,28)(H,21,22,23,24). The summed E-state index contributed by atoms with van der Waals surface area (Å²) in [6.45, 7) is 4.79. The number of hydrogen-bond acceptors (Lipinski definition) is 8. The van der Waals surface area contributed by atoms with Crippen LogP contribution in [0.25, 0.3) is 0 Å². The second-order valence-corrected chi connectivity index (χ2v) is 8.20. The number of thiazole rings is 1. The van der Waals surface area contributed by atoms with E-state index in [0.717, 1.165) is 11.4 Å². The first-order valence-electron chi connectivity index (χ1n) is 8.97. The summed E-state index contributed by atoms with van der Waals surface area (Å²) in [6.07, 6.45) is 1.19. The van der Waals surface area contributed by atoms with E-state index in [9.17, 15) is 9.90 Å². The van der Waals surface area contributed by atoms with Gasteiger partial charge >= 0.3 is 0 Å². The van der Waals surface area contributed by atoms with Crippen molar-refractivity contribution in [2.75, 3.05) is 28.6 Å². The zero-order valence-electron chi connectivity index (χ0n) is 15.8. The molecule has 0 spiro atoms. The maximum Gasteiger partial charge on any atom is 0.267 e. The Morgan fingerprint density at radius 2 is 2.10 bits per heavy atom. The van der Waals surface area contributed by atoms with Crippen LogP contribution in [0.15, 0.2) is 30.5 Å². The van der Waals surface area contributed by atoms with Crippen LogP contribution in [0.2, 0.25) is 5.02 Å². The second kappa shape index (κ2) is 7.94. The summed E-state index contributed by atoms with van der Waals surface area (Å²) in [5.74, 6) is 1.65. The molecule has 3 heterocycles. The fourth-order valence-corrected chi connectivity index (χ4v) is 3.92. The maximum absolute atomic E-state index is 12.6. The highest BCUT2D eigenvalue weighted by Crippen LogP contribution is 2.28. The van der Waals surface area contributed by atoms with Gasteiger partial charge in [-0.1, -0.05) is 35.1 Å². The Hall–Kier alpha value is -2.75. The number of aliphatic hydroxyl groups excluding tert-OH is 1. The molecule has 0 aliphatic carbocycles. The summed E-state index contributed by atoms with van der Waals surface area (Å²) in [5.41, 5.74) is 1.48. The number of aliphatic hydroxyl groups is 1. The lowest BCUT2D eigenvalue weighted by molar-refractivity contribution is 0.103. The molecular formula is C19H19ClN6O2S. The van der Waals surface area contributed by atoms with Gasteiger partial charge in [-0.05, 0) is 25.5 Å². The number of aromatic nitrogens is 3. The highest BCUT2D eigenvalue weighted by molar-refractivity contribution is 7.17. The number of halogens is 1. The molecule has 0 atom stereocenters. The molecule has 2 aromatic heterocycles. The average Bonchev–Trinajstić information content (AvgIpc) is 3.10. The summed E-state index contributed by atoms with van der Waals surface area (Å²) in [6, 6.07) is 7.25. The van der Waals surface area contributed by atoms with E-state index in [2.05, 4.69) is 25.6 Å². The third-order valence-electron chi connectivity index (χ3n) is 4.44. The predicted octanol–water partition coefficient (Wildman–Crippen LogP) is 3.38. The first-order chi connectivity index (χ1) is 13.9. The normalized spacial score (nSPS) is 13.9. The van der Waals surface area contributed by atoms with Crippen molar-refractivity contribution in [3.8, 4) is 0 Å². The largest absolute Gasteiger partial charge is 0.389 e. The van der Waals surface area contributed by atoms with E-state index in [-0.39, 0.29) is 12.0 Å². The Balaban J connectivity index is 1.47. The summed E-state index contributed by atoms with van der Waals surface area (Å²) in [5, 5.41) is 16.5. The van der Waals surface area contributed by atoms with Gasteiger partial charge in [0.25, 0.3) is 5.91 Å². The lowest BCUT2D eigenvalue weighted by atomic mass is 10.2. The lowest BCUT2D eigenvalue weighted by Gasteiger charge is -2.36. The number of aryl methyl sites for hydroxylation is 2. The van der Waals surface area contributed by atoms with E-state index >= 15 is 0 Å². The summed E-state index contributed by atoms with van der Waals surface area (Å²) in [7, 11) is 0. The average molecular weight is 431 g/mol. The first kappa shape index (κ1) is 19.6. The lowest BCUT2D eigenvalue weighted by Crippen LogP contribution is -2.51. The Bertz CT molecular complexity index is 1050. The fourth-order valence-electron chi connectivity index (χ4n) is 2.93. The maximum atomic E-state index is 12.6. The van der Waals surface area contributed by atoms with Crippen molar-refractivity contribution in [3.63, 3.8) is 0 Å². The van der Waals surface area contributed by atoms with Crippen molar-refractivity contribution in [1.82, 2.24) is 15.0 Å². The third-order valence-corrected chi connectivity index (χ3v) is 5.66. The second-order valence-electron chi connectivity index (χ2n) is 6.76. The van der Waals surface area contributed by atoms with E-state index in [4.69, 9.17) is 11.6 Å². The van der Waals surface area contributed by atoms with Gasteiger partial charge in [-0.2, -0.15) is 0 Å². The van der Waals surface area contributed by atoms with Crippen LogP contribution in [0.1, 0.15) is 21.1 Å². The number of nitrogens with one attached hydrogen (secondary N) is 2. The third kappa shape index (κ3) is 4.31. The van der Waals surface area contributed by atoms with E-state index in [1.807, 2.05) is 24.0 Å². The first-order valence-corrected chi connectivity index (χ1v) is 10.2. The SMILES string of the molecule is Cc1nc(Nc2ncc(C(=O)Nc3c(C)cccc3Cl)s2)cc(N2CC(O)C2)n1. The topological polar surface area (TPSA) is 103 Å². The molecule has 3 N–H and O–H groups in total. The molecule has 1 fully saturated rings. The number of amides is 1. The minimum absolute atomic E-state index is 0.277. The fraction of sp³-hybridized carbons (Fsp3) is 0.263. The Morgan fingerprint density at radius 1 is 1.31 bits per heavy atom. The number of nitrogens with zero attached hydrogens (tertiary/aromatic N) is 4. The minimum atomic E-state index is -0.316. The molecule has 4 rings (SSSR count). The van der Waals surface area contributed by atoms with Crippen molar-refractivity contribution in [3.05, 3.63) is 51.7 Å². The van der Waals surface area contributed by atoms with Crippen LogP contribution in [0.5, 0.6) is 0 Å². The summed E-state index contributed by atoms with van der Waals surface area (Å²) < 4.78 is 0. The van der Waals surface area contributed by atoms with Crippen LogP contribution in [-0.2, 0) is 0 Å². The number of rotatable bonds is 5. The van der Waals surface area contributed by atoms with Crippen LogP contribution in [-0.4, -0.2) is 45.2 Å². The van der Waals surface area contributed by atoms with Crippen LogP contribution in [0, 0.1) is 13.8 Å². The van der Waals surface area contributed by atoms with E-state index in [1.165, 1.54) is 17.5 Å². The summed E-state index contributed by atoms with van der Waals surface area (Å²) >= 11 is 7.40. The highest BCUT2D eigenvalue weighted by Gasteiger charge is 2.26. The molecule has 3 aromatic rings. The molecule has 1 amide bonds. The van der Waals surface area contributed by atoms with E-state index < -0.39 is 0 Å². The van der Waals surface area contributed by atoms with Crippen molar-refractivity contribution in [1.29, 1.82) is 0 Å². The summed E-state index contributed by atoms with van der Waals surface area (Å²) in [4.78, 5) is 28.0. The van der Waals surface area contributed by atoms with Crippen molar-refractivity contribution in [2.45, 2.75) is 20.0 Å². The molecule has 0 unspecified atom stereocenters. The predicted molar refractivity (Wildman–Crippen MR) is 115 cm³/mol. The molecule has 0 saturated carbocycles. The number of carbonyl (C=O) groups is 1. The number of hydrogen-bond donors (Lipinski definition) is 3. The van der Waals surface area contributed by atoms with Crippen LogP contribution in [0.4, 0.5) is 22.5 Å². The van der Waals surface area contributed by atoms with Gasteiger partial charge in [0.05, 0.1) is 23.0 Å². The van der Waals surface area contributed by atoms with Gasteiger partial charge in [-0.15, -0.1) is 0 Å². The van der Waals surface area contributed by atoms with Gasteiger partial charge in [0.2, 0.25) is 0 Å². The van der Waals surface area contributed by atoms with Crippen molar-refractivity contribution >= 4 is 51.3 Å². The van der Waals surface area contributed by atoms with E-state index in [0.29, 0.717) is 45.5 Å². The highest BCUT2D eigenvalue weighted by atomic mass is 35.5. The molecule has 0 radical (unpaired) electrons. The molecule has 1 aliphatic heterocycles. The molecule has 8 nitrogen and oxygen atoms in total. The Kier molecular flexibility index (Phi) is 5.35. The van der Waals surface area contributed by atoms with Crippen molar-refractivity contribution < 1.29 is 9.90 Å². The number of para-hydroxylation sites is 1. The van der Waals surface area contributed by atoms with Crippen LogP contribution in [0.3, 0.4) is 0 Å². The van der Waals surface area contributed by atoms with Crippen LogP contribution < -0.4 is 15.5 Å². The number of β-amino-alcohol motifs (C(OH)–C–C–N with tert-alkyl or cyclic N) is 1. The van der Waals surface area contributed by atoms with Crippen LogP contribution >= 0.6 is 22.9 Å². The van der Waals surface area contributed by atoms with Crippen molar-refractivity contribution in [2.24, 2.45) is 0 Å². The number of benzene rings is 1. The molecule has 10 heteroatoms. The number of anilines is 4. The molecule has 1 aliphatic rings. The zero-order valence-corrected chi connectivity index (χ0v) is 17.4. The molecule has 29 heavy (non-hydrogen) atoms. The van der Waals surface area contributed by atoms with Gasteiger partial charge in [-0.3, -0.25) is 4.79 Å². The molecule has 1 aromatic carbocycles. The smallest absolute Gasteiger partial charge is 0.267 e. The number of carbonyl (C=O) groups excluding carboxylic acids is 1. The Labute approximate surface area is 176 Å². The minimum Gasteiger partial charge on any atom is -0.389 e. The Morgan fingerprint density at radius 3 is 2.83 bits per heavy atom. The van der Waals surface area contributed by atoms with Gasteiger partial charge in [0.1, 0.15) is 22.3 Å². The molecule has 0 bridgehead atoms. The molecule has 150 valence electrons. The monoisotopic (exact) mass is 430 g/mol. The van der Waals surface area contributed by atoms with Gasteiger partial charge in [-0.25, -0.2) is 15.0 Å². The van der Waals surface area contributed by atoms with E-state index in [1.54, 1.807) is 19.1 Å². The van der Waals surface area contributed by atoms with Gasteiger partial charge in [0, 0.05) is 19.2 Å². The van der Waals surface area contributed by atoms with Gasteiger partial charge in [0.15, 0.2) is 5.13 Å². The zero-order chi connectivity index (χ0) is 20.5. The molecule has 1 saturated heterocycles. The van der Waals surface area contributed by atoms with Gasteiger partial charge < -0.3 is 20.6 Å².